The molecule has 4 heteroatoms. The Balaban J connectivity index is 3.35. The van der Waals surface area contributed by atoms with Crippen LogP contribution < -0.4 is 11.5 Å². The monoisotopic (exact) mass is 151 g/mol. The third kappa shape index (κ3) is 1.22. The molecule has 0 atom stereocenters. The van der Waals surface area contributed by atoms with Crippen molar-refractivity contribution in [2.24, 2.45) is 0 Å². The Bertz CT molecular complexity index is 304. The van der Waals surface area contributed by atoms with E-state index in [-0.39, 0.29) is 16.9 Å². The van der Waals surface area contributed by atoms with E-state index in [1.54, 1.807) is 6.07 Å². The van der Waals surface area contributed by atoms with Gasteiger partial charge in [0, 0.05) is 0 Å². The number of anilines is 2. The minimum absolute atomic E-state index is 0.0987. The number of benzene rings is 1. The number of rotatable bonds is 0. The van der Waals surface area contributed by atoms with Gasteiger partial charge < -0.3 is 11.5 Å². The van der Waals surface area contributed by atoms with Crippen molar-refractivity contribution in [3.63, 3.8) is 0 Å². The zero-order valence-corrected chi connectivity index (χ0v) is 5.63. The number of halogens is 1. The molecular formula is C7H6FN3. The standard InChI is InChI=1S/C7H6FN3/c8-5-1-4(3-9)2-6(10)7(5)11/h1-2H,10-11H2. The van der Waals surface area contributed by atoms with Crippen molar-refractivity contribution in [1.82, 2.24) is 0 Å². The van der Waals surface area contributed by atoms with Gasteiger partial charge in [0.25, 0.3) is 0 Å². The van der Waals surface area contributed by atoms with Gasteiger partial charge in [0.15, 0.2) is 0 Å². The van der Waals surface area contributed by atoms with E-state index in [1.165, 1.54) is 6.07 Å². The molecule has 56 valence electrons. The van der Waals surface area contributed by atoms with E-state index >= 15 is 0 Å². The Morgan fingerprint density at radius 2 is 2.00 bits per heavy atom. The maximum Gasteiger partial charge on any atom is 0.149 e. The van der Waals surface area contributed by atoms with E-state index in [0.717, 1.165) is 6.07 Å². The molecule has 0 radical (unpaired) electrons. The Morgan fingerprint density at radius 1 is 1.36 bits per heavy atom. The maximum atomic E-state index is 12.7. The van der Waals surface area contributed by atoms with Crippen LogP contribution in [0, 0.1) is 17.1 Å². The van der Waals surface area contributed by atoms with Crippen LogP contribution in [0.5, 0.6) is 0 Å². The predicted molar refractivity (Wildman–Crippen MR) is 39.9 cm³/mol. The first-order chi connectivity index (χ1) is 5.15. The Labute approximate surface area is 63.0 Å². The van der Waals surface area contributed by atoms with E-state index in [0.29, 0.717) is 0 Å². The number of nitriles is 1. The second-order valence-corrected chi connectivity index (χ2v) is 2.07. The molecular weight excluding hydrogens is 145 g/mol. The second-order valence-electron chi connectivity index (χ2n) is 2.07. The minimum Gasteiger partial charge on any atom is -0.397 e. The molecule has 0 amide bonds. The van der Waals surface area contributed by atoms with E-state index in [2.05, 4.69) is 0 Å². The van der Waals surface area contributed by atoms with Crippen LogP contribution in [0.2, 0.25) is 0 Å². The Morgan fingerprint density at radius 3 is 2.45 bits per heavy atom. The molecule has 0 aliphatic carbocycles. The predicted octanol–water partition coefficient (Wildman–Crippen LogP) is 0.862. The quantitative estimate of drug-likeness (QED) is 0.540. The van der Waals surface area contributed by atoms with Gasteiger partial charge in [-0.1, -0.05) is 0 Å². The molecule has 0 heterocycles. The van der Waals surface area contributed by atoms with Gasteiger partial charge in [-0.25, -0.2) is 4.39 Å². The molecule has 0 spiro atoms. The number of nitrogens with zero attached hydrogens (tertiary/aromatic N) is 1. The summed E-state index contributed by atoms with van der Waals surface area (Å²) < 4.78 is 12.7. The first-order valence-electron chi connectivity index (χ1n) is 2.89. The van der Waals surface area contributed by atoms with Crippen molar-refractivity contribution >= 4 is 11.4 Å². The molecule has 0 aliphatic heterocycles. The molecule has 1 aromatic carbocycles. The summed E-state index contributed by atoms with van der Waals surface area (Å²) in [6.07, 6.45) is 0. The van der Waals surface area contributed by atoms with Gasteiger partial charge in [0.1, 0.15) is 5.82 Å². The number of hydrogen-bond donors (Lipinski definition) is 2. The molecule has 0 fully saturated rings. The highest BCUT2D eigenvalue weighted by Gasteiger charge is 2.03. The number of nitrogen functional groups attached to an aromatic ring is 2. The summed E-state index contributed by atoms with van der Waals surface area (Å²) in [4.78, 5) is 0. The lowest BCUT2D eigenvalue weighted by molar-refractivity contribution is 0.632. The fourth-order valence-electron chi connectivity index (χ4n) is 0.704. The molecule has 0 saturated carbocycles. The highest BCUT2D eigenvalue weighted by Crippen LogP contribution is 2.19. The van der Waals surface area contributed by atoms with Crippen molar-refractivity contribution in [2.45, 2.75) is 0 Å². The topological polar surface area (TPSA) is 75.8 Å². The maximum absolute atomic E-state index is 12.7. The highest BCUT2D eigenvalue weighted by molar-refractivity contribution is 5.66. The lowest BCUT2D eigenvalue weighted by Crippen LogP contribution is -1.98. The van der Waals surface area contributed by atoms with Crippen LogP contribution in [0.3, 0.4) is 0 Å². The van der Waals surface area contributed by atoms with Crippen LogP contribution in [-0.4, -0.2) is 0 Å². The minimum atomic E-state index is -0.651. The molecule has 0 aliphatic rings. The molecule has 4 N–H and O–H groups in total. The summed E-state index contributed by atoms with van der Waals surface area (Å²) >= 11 is 0. The first kappa shape index (κ1) is 7.35. The SMILES string of the molecule is N#Cc1cc(N)c(N)c(F)c1. The van der Waals surface area contributed by atoms with Gasteiger partial charge in [0.05, 0.1) is 23.0 Å². The van der Waals surface area contributed by atoms with E-state index in [4.69, 9.17) is 16.7 Å². The molecule has 3 nitrogen and oxygen atoms in total. The summed E-state index contributed by atoms with van der Waals surface area (Å²) in [5.41, 5.74) is 10.6. The average Bonchev–Trinajstić information content (AvgIpc) is 1.99. The van der Waals surface area contributed by atoms with Crippen LogP contribution in [-0.2, 0) is 0 Å². The van der Waals surface area contributed by atoms with Crippen molar-refractivity contribution in [1.29, 1.82) is 5.26 Å². The van der Waals surface area contributed by atoms with E-state index in [9.17, 15) is 4.39 Å². The summed E-state index contributed by atoms with van der Waals surface area (Å²) in [6.45, 7) is 0. The van der Waals surface area contributed by atoms with E-state index in [1.807, 2.05) is 0 Å². The third-order valence-corrected chi connectivity index (χ3v) is 1.29. The van der Waals surface area contributed by atoms with Gasteiger partial charge in [-0.3, -0.25) is 0 Å². The van der Waals surface area contributed by atoms with Gasteiger partial charge >= 0.3 is 0 Å². The molecule has 1 rings (SSSR count). The highest BCUT2D eigenvalue weighted by atomic mass is 19.1. The number of nitrogens with two attached hydrogens (primary N) is 2. The molecule has 0 aromatic heterocycles. The summed E-state index contributed by atoms with van der Waals surface area (Å²) in [5, 5.41) is 8.36. The summed E-state index contributed by atoms with van der Waals surface area (Å²) in [6, 6.07) is 4.14. The van der Waals surface area contributed by atoms with Crippen LogP contribution in [0.1, 0.15) is 5.56 Å². The third-order valence-electron chi connectivity index (χ3n) is 1.29. The normalized spacial score (nSPS) is 9.09. The van der Waals surface area contributed by atoms with Crippen LogP contribution in [0.25, 0.3) is 0 Å². The van der Waals surface area contributed by atoms with E-state index < -0.39 is 5.82 Å². The molecule has 0 bridgehead atoms. The van der Waals surface area contributed by atoms with Crippen LogP contribution in [0.15, 0.2) is 12.1 Å². The Hall–Kier alpha value is -1.76. The lowest BCUT2D eigenvalue weighted by Gasteiger charge is -2.00. The molecule has 0 saturated heterocycles. The molecule has 0 unspecified atom stereocenters. The number of hydrogen-bond acceptors (Lipinski definition) is 3. The first-order valence-corrected chi connectivity index (χ1v) is 2.89. The Kier molecular flexibility index (Phi) is 1.65. The van der Waals surface area contributed by atoms with Crippen LogP contribution in [0.4, 0.5) is 15.8 Å². The summed E-state index contributed by atoms with van der Waals surface area (Å²) in [5.74, 6) is -0.651. The summed E-state index contributed by atoms with van der Waals surface area (Å²) in [7, 11) is 0. The fraction of sp³-hybridized carbons (Fsp3) is 0. The molecule has 1 aromatic rings. The smallest absolute Gasteiger partial charge is 0.149 e. The molecule has 11 heavy (non-hydrogen) atoms. The van der Waals surface area contributed by atoms with Gasteiger partial charge in [-0.2, -0.15) is 5.26 Å². The van der Waals surface area contributed by atoms with Crippen LogP contribution >= 0.6 is 0 Å². The van der Waals surface area contributed by atoms with Gasteiger partial charge in [-0.05, 0) is 12.1 Å². The second kappa shape index (κ2) is 2.46. The van der Waals surface area contributed by atoms with Gasteiger partial charge in [-0.15, -0.1) is 0 Å². The lowest BCUT2D eigenvalue weighted by atomic mass is 10.2. The van der Waals surface area contributed by atoms with Crippen molar-refractivity contribution < 1.29 is 4.39 Å². The largest absolute Gasteiger partial charge is 0.397 e. The van der Waals surface area contributed by atoms with Gasteiger partial charge in [0.2, 0.25) is 0 Å². The average molecular weight is 151 g/mol. The van der Waals surface area contributed by atoms with Crippen molar-refractivity contribution in [3.05, 3.63) is 23.5 Å². The zero-order valence-electron chi connectivity index (χ0n) is 5.63. The van der Waals surface area contributed by atoms with Crippen molar-refractivity contribution in [2.75, 3.05) is 11.5 Å². The fourth-order valence-corrected chi connectivity index (χ4v) is 0.704. The van der Waals surface area contributed by atoms with Crippen molar-refractivity contribution in [3.8, 4) is 6.07 Å². The zero-order chi connectivity index (χ0) is 8.43.